The molecule has 0 bridgehead atoms. The van der Waals surface area contributed by atoms with Gasteiger partial charge in [0.1, 0.15) is 0 Å². The first kappa shape index (κ1) is 15.2. The van der Waals surface area contributed by atoms with Gasteiger partial charge in [0.05, 0.1) is 18.4 Å². The van der Waals surface area contributed by atoms with E-state index in [0.717, 1.165) is 0 Å². The predicted molar refractivity (Wildman–Crippen MR) is 72.1 cm³/mol. The largest absolute Gasteiger partial charge is 0.465 e. The third-order valence-corrected chi connectivity index (χ3v) is 2.50. The average Bonchev–Trinajstić information content (AvgIpc) is 2.43. The number of amides is 1. The fraction of sp³-hybridized carbons (Fsp3) is 0.429. The summed E-state index contributed by atoms with van der Waals surface area (Å²) in [4.78, 5) is 23.2. The normalized spacial score (nSPS) is 10.0. The number of rotatable bonds is 7. The monoisotopic (exact) mass is 265 g/mol. The summed E-state index contributed by atoms with van der Waals surface area (Å²) in [5.41, 5.74) is 0.818. The third kappa shape index (κ3) is 5.09. The number of benzene rings is 1. The Bertz CT molecular complexity index is 431. The van der Waals surface area contributed by atoms with Crippen LogP contribution in [0.2, 0.25) is 0 Å². The van der Waals surface area contributed by atoms with Crippen LogP contribution < -0.4 is 5.32 Å². The van der Waals surface area contributed by atoms with Gasteiger partial charge >= 0.3 is 5.97 Å². The predicted octanol–water partition coefficient (Wildman–Crippen LogP) is 2.23. The maximum absolute atomic E-state index is 11.7. The summed E-state index contributed by atoms with van der Waals surface area (Å²) < 4.78 is 9.82. The summed E-state index contributed by atoms with van der Waals surface area (Å²) >= 11 is 0. The van der Waals surface area contributed by atoms with Crippen LogP contribution in [0.1, 0.15) is 30.1 Å². The van der Waals surface area contributed by atoms with Crippen molar-refractivity contribution in [3.05, 3.63) is 29.8 Å². The molecule has 5 nitrogen and oxygen atoms in total. The molecule has 1 N–H and O–H groups in total. The van der Waals surface area contributed by atoms with Crippen molar-refractivity contribution in [3.8, 4) is 0 Å². The highest BCUT2D eigenvalue weighted by Gasteiger charge is 2.12. The van der Waals surface area contributed by atoms with Crippen LogP contribution in [-0.4, -0.2) is 32.2 Å². The van der Waals surface area contributed by atoms with Crippen molar-refractivity contribution >= 4 is 17.6 Å². The lowest BCUT2D eigenvalue weighted by molar-refractivity contribution is -0.116. The molecule has 19 heavy (non-hydrogen) atoms. The van der Waals surface area contributed by atoms with E-state index in [9.17, 15) is 9.59 Å². The first-order chi connectivity index (χ1) is 9.19. The maximum atomic E-state index is 11.7. The molecule has 0 heterocycles. The SMILES string of the molecule is CCOCCCC(=O)Nc1ccccc1C(=O)OC. The van der Waals surface area contributed by atoms with Crippen molar-refractivity contribution in [2.24, 2.45) is 0 Å². The number of carbonyl (C=O) groups is 2. The summed E-state index contributed by atoms with van der Waals surface area (Å²) in [6, 6.07) is 6.76. The second kappa shape index (κ2) is 8.26. The minimum absolute atomic E-state index is 0.143. The zero-order valence-electron chi connectivity index (χ0n) is 11.3. The van der Waals surface area contributed by atoms with Gasteiger partial charge in [-0.2, -0.15) is 0 Å². The Morgan fingerprint density at radius 3 is 2.68 bits per heavy atom. The fourth-order valence-electron chi connectivity index (χ4n) is 1.57. The highest BCUT2D eigenvalue weighted by molar-refractivity contribution is 6.01. The van der Waals surface area contributed by atoms with E-state index in [1.165, 1.54) is 7.11 Å². The van der Waals surface area contributed by atoms with E-state index < -0.39 is 5.97 Å². The summed E-state index contributed by atoms with van der Waals surface area (Å²) in [5.74, 6) is -0.610. The van der Waals surface area contributed by atoms with Crippen molar-refractivity contribution in [1.82, 2.24) is 0 Å². The van der Waals surface area contributed by atoms with Gasteiger partial charge in [-0.3, -0.25) is 4.79 Å². The second-order valence-corrected chi connectivity index (χ2v) is 3.89. The maximum Gasteiger partial charge on any atom is 0.339 e. The van der Waals surface area contributed by atoms with E-state index in [1.807, 2.05) is 6.92 Å². The summed E-state index contributed by atoms with van der Waals surface area (Å²) in [7, 11) is 1.31. The van der Waals surface area contributed by atoms with Gasteiger partial charge in [-0.15, -0.1) is 0 Å². The number of carbonyl (C=O) groups excluding carboxylic acids is 2. The Labute approximate surface area is 112 Å². The Balaban J connectivity index is 2.56. The van der Waals surface area contributed by atoms with Gasteiger partial charge in [0.2, 0.25) is 5.91 Å². The first-order valence-electron chi connectivity index (χ1n) is 6.24. The second-order valence-electron chi connectivity index (χ2n) is 3.89. The molecule has 0 aliphatic rings. The highest BCUT2D eigenvalue weighted by Crippen LogP contribution is 2.16. The van der Waals surface area contributed by atoms with E-state index in [-0.39, 0.29) is 5.91 Å². The van der Waals surface area contributed by atoms with Gasteiger partial charge in [-0.05, 0) is 25.5 Å². The Morgan fingerprint density at radius 1 is 1.26 bits per heavy atom. The van der Waals surface area contributed by atoms with E-state index in [4.69, 9.17) is 4.74 Å². The molecule has 1 amide bonds. The molecule has 5 heteroatoms. The molecular formula is C14H19NO4. The molecule has 0 saturated carbocycles. The molecule has 0 spiro atoms. The molecule has 0 aliphatic carbocycles. The lowest BCUT2D eigenvalue weighted by Crippen LogP contribution is -2.15. The van der Waals surface area contributed by atoms with Crippen molar-refractivity contribution in [2.75, 3.05) is 25.6 Å². The number of para-hydroxylation sites is 1. The van der Waals surface area contributed by atoms with E-state index in [1.54, 1.807) is 24.3 Å². The van der Waals surface area contributed by atoms with E-state index in [2.05, 4.69) is 10.1 Å². The van der Waals surface area contributed by atoms with Crippen molar-refractivity contribution in [2.45, 2.75) is 19.8 Å². The molecular weight excluding hydrogens is 246 g/mol. The van der Waals surface area contributed by atoms with Gasteiger partial charge < -0.3 is 14.8 Å². The Hall–Kier alpha value is -1.88. The van der Waals surface area contributed by atoms with Crippen molar-refractivity contribution in [3.63, 3.8) is 0 Å². The summed E-state index contributed by atoms with van der Waals surface area (Å²) in [5, 5.41) is 2.71. The topological polar surface area (TPSA) is 64.6 Å². The molecule has 0 radical (unpaired) electrons. The lowest BCUT2D eigenvalue weighted by Gasteiger charge is -2.09. The fourth-order valence-corrected chi connectivity index (χ4v) is 1.57. The Morgan fingerprint density at radius 2 is 2.00 bits per heavy atom. The van der Waals surface area contributed by atoms with E-state index in [0.29, 0.717) is 37.3 Å². The number of ether oxygens (including phenoxy) is 2. The Kier molecular flexibility index (Phi) is 6.60. The number of esters is 1. The minimum atomic E-state index is -0.467. The molecule has 0 unspecified atom stereocenters. The van der Waals surface area contributed by atoms with Crippen LogP contribution in [0.15, 0.2) is 24.3 Å². The third-order valence-electron chi connectivity index (χ3n) is 2.50. The van der Waals surface area contributed by atoms with Crippen LogP contribution in [-0.2, 0) is 14.3 Å². The van der Waals surface area contributed by atoms with Crippen LogP contribution in [0.25, 0.3) is 0 Å². The zero-order chi connectivity index (χ0) is 14.1. The van der Waals surface area contributed by atoms with Crippen LogP contribution in [0.5, 0.6) is 0 Å². The van der Waals surface area contributed by atoms with Crippen molar-refractivity contribution < 1.29 is 19.1 Å². The number of methoxy groups -OCH3 is 1. The van der Waals surface area contributed by atoms with Crippen molar-refractivity contribution in [1.29, 1.82) is 0 Å². The smallest absolute Gasteiger partial charge is 0.339 e. The highest BCUT2D eigenvalue weighted by atomic mass is 16.5. The average molecular weight is 265 g/mol. The number of hydrogen-bond acceptors (Lipinski definition) is 4. The molecule has 1 rings (SSSR count). The number of nitrogens with one attached hydrogen (secondary N) is 1. The molecule has 0 atom stereocenters. The van der Waals surface area contributed by atoms with Crippen LogP contribution >= 0.6 is 0 Å². The summed E-state index contributed by atoms with van der Waals surface area (Å²) in [6.07, 6.45) is 1.01. The molecule has 0 aliphatic heterocycles. The van der Waals surface area contributed by atoms with Crippen LogP contribution in [0, 0.1) is 0 Å². The molecule has 0 saturated heterocycles. The van der Waals surface area contributed by atoms with Crippen LogP contribution in [0.4, 0.5) is 5.69 Å². The molecule has 0 fully saturated rings. The van der Waals surface area contributed by atoms with Gasteiger partial charge in [0.25, 0.3) is 0 Å². The molecule has 1 aromatic rings. The van der Waals surface area contributed by atoms with Crippen LogP contribution in [0.3, 0.4) is 0 Å². The van der Waals surface area contributed by atoms with Gasteiger partial charge in [0, 0.05) is 19.6 Å². The zero-order valence-corrected chi connectivity index (χ0v) is 11.3. The summed E-state index contributed by atoms with van der Waals surface area (Å²) in [6.45, 7) is 3.11. The number of hydrogen-bond donors (Lipinski definition) is 1. The molecule has 0 aromatic heterocycles. The number of anilines is 1. The quantitative estimate of drug-likeness (QED) is 0.606. The van der Waals surface area contributed by atoms with Gasteiger partial charge in [-0.1, -0.05) is 12.1 Å². The molecule has 104 valence electrons. The minimum Gasteiger partial charge on any atom is -0.465 e. The van der Waals surface area contributed by atoms with Gasteiger partial charge in [-0.25, -0.2) is 4.79 Å². The molecule has 1 aromatic carbocycles. The van der Waals surface area contributed by atoms with E-state index >= 15 is 0 Å². The lowest BCUT2D eigenvalue weighted by atomic mass is 10.1. The standard InChI is InChI=1S/C14H19NO4/c1-3-19-10-6-9-13(16)15-12-8-5-4-7-11(12)14(17)18-2/h4-5,7-8H,3,6,9-10H2,1-2H3,(H,15,16). The van der Waals surface area contributed by atoms with Gasteiger partial charge in [0.15, 0.2) is 0 Å². The first-order valence-corrected chi connectivity index (χ1v) is 6.24.